The van der Waals surface area contributed by atoms with Gasteiger partial charge in [0, 0.05) is 10.8 Å². The normalized spacial score (nSPS) is 11.3. The standard InChI is InChI=1S/C10H7FN4/c1-6-13-14-10-7-3-2-4-9(11)8(7)5-12-15(6)10/h2-5H,1H3. The molecule has 0 saturated heterocycles. The predicted octanol–water partition coefficient (Wildman–Crippen LogP) is 1.73. The summed E-state index contributed by atoms with van der Waals surface area (Å²) in [6, 6.07) is 4.87. The molecule has 0 aliphatic heterocycles. The van der Waals surface area contributed by atoms with Crippen LogP contribution in [0.4, 0.5) is 4.39 Å². The van der Waals surface area contributed by atoms with Crippen LogP contribution in [0, 0.1) is 12.7 Å². The van der Waals surface area contributed by atoms with Crippen molar-refractivity contribution in [2.75, 3.05) is 0 Å². The molecule has 0 spiro atoms. The smallest absolute Gasteiger partial charge is 0.185 e. The zero-order chi connectivity index (χ0) is 10.4. The Kier molecular flexibility index (Phi) is 1.50. The predicted molar refractivity (Wildman–Crippen MR) is 53.0 cm³/mol. The molecule has 5 heteroatoms. The highest BCUT2D eigenvalue weighted by Crippen LogP contribution is 2.19. The van der Waals surface area contributed by atoms with E-state index in [2.05, 4.69) is 15.3 Å². The van der Waals surface area contributed by atoms with E-state index < -0.39 is 0 Å². The lowest BCUT2D eigenvalue weighted by Gasteiger charge is -1.99. The van der Waals surface area contributed by atoms with E-state index in [0.717, 1.165) is 5.39 Å². The number of rotatable bonds is 0. The third-order valence-electron chi connectivity index (χ3n) is 2.39. The van der Waals surface area contributed by atoms with Crippen molar-refractivity contribution < 1.29 is 4.39 Å². The lowest BCUT2D eigenvalue weighted by Crippen LogP contribution is -1.95. The maximum Gasteiger partial charge on any atom is 0.185 e. The summed E-state index contributed by atoms with van der Waals surface area (Å²) < 4.78 is 15.0. The molecule has 0 unspecified atom stereocenters. The maximum absolute atomic E-state index is 13.4. The molecule has 3 rings (SSSR count). The fraction of sp³-hybridized carbons (Fsp3) is 0.100. The van der Waals surface area contributed by atoms with Crippen molar-refractivity contribution in [2.45, 2.75) is 6.92 Å². The highest BCUT2D eigenvalue weighted by atomic mass is 19.1. The van der Waals surface area contributed by atoms with E-state index in [0.29, 0.717) is 16.9 Å². The van der Waals surface area contributed by atoms with Crippen LogP contribution in [0.5, 0.6) is 0 Å². The van der Waals surface area contributed by atoms with Gasteiger partial charge in [-0.15, -0.1) is 10.2 Å². The van der Waals surface area contributed by atoms with Crippen LogP contribution in [0.3, 0.4) is 0 Å². The second-order valence-electron chi connectivity index (χ2n) is 3.33. The second kappa shape index (κ2) is 2.73. The first kappa shape index (κ1) is 8.28. The van der Waals surface area contributed by atoms with Crippen LogP contribution in [0.2, 0.25) is 0 Å². The molecule has 15 heavy (non-hydrogen) atoms. The Bertz CT molecular complexity index is 659. The Morgan fingerprint density at radius 3 is 2.93 bits per heavy atom. The summed E-state index contributed by atoms with van der Waals surface area (Å²) in [5, 5.41) is 13.2. The number of aromatic nitrogens is 4. The third kappa shape index (κ3) is 1.03. The number of hydrogen-bond acceptors (Lipinski definition) is 3. The van der Waals surface area contributed by atoms with E-state index in [1.807, 2.05) is 6.07 Å². The molecule has 0 saturated carbocycles. The van der Waals surface area contributed by atoms with Gasteiger partial charge in [0.25, 0.3) is 0 Å². The summed E-state index contributed by atoms with van der Waals surface area (Å²) in [6.07, 6.45) is 1.49. The summed E-state index contributed by atoms with van der Waals surface area (Å²) in [5.74, 6) is 0.402. The first-order valence-corrected chi connectivity index (χ1v) is 4.52. The molecule has 2 aromatic heterocycles. The van der Waals surface area contributed by atoms with Gasteiger partial charge in [0.15, 0.2) is 11.5 Å². The number of benzene rings is 1. The van der Waals surface area contributed by atoms with Gasteiger partial charge in [0.2, 0.25) is 0 Å². The highest BCUT2D eigenvalue weighted by molar-refractivity contribution is 5.93. The Labute approximate surface area is 84.4 Å². The maximum atomic E-state index is 13.4. The fourth-order valence-electron chi connectivity index (χ4n) is 1.64. The van der Waals surface area contributed by atoms with Gasteiger partial charge in [-0.1, -0.05) is 12.1 Å². The number of nitrogens with zero attached hydrogens (tertiary/aromatic N) is 4. The molecule has 74 valence electrons. The van der Waals surface area contributed by atoms with Gasteiger partial charge < -0.3 is 0 Å². The molecule has 3 aromatic rings. The van der Waals surface area contributed by atoms with Crippen LogP contribution in [0.25, 0.3) is 16.4 Å². The molecule has 0 N–H and O–H groups in total. The molecule has 0 fully saturated rings. The van der Waals surface area contributed by atoms with Crippen LogP contribution < -0.4 is 0 Å². The molecule has 4 nitrogen and oxygen atoms in total. The molecule has 2 heterocycles. The summed E-state index contributed by atoms with van der Waals surface area (Å²) in [5.41, 5.74) is 0.588. The third-order valence-corrected chi connectivity index (χ3v) is 2.39. The number of halogens is 1. The SMILES string of the molecule is Cc1nnc2c3cccc(F)c3cnn12. The molecule has 0 amide bonds. The monoisotopic (exact) mass is 202 g/mol. The zero-order valence-electron chi connectivity index (χ0n) is 7.98. The minimum atomic E-state index is -0.289. The molecule has 0 bridgehead atoms. The summed E-state index contributed by atoms with van der Waals surface area (Å²) in [6.45, 7) is 1.80. The average Bonchev–Trinajstić information content (AvgIpc) is 2.61. The molecule has 0 radical (unpaired) electrons. The fourth-order valence-corrected chi connectivity index (χ4v) is 1.64. The van der Waals surface area contributed by atoms with Crippen molar-refractivity contribution in [1.82, 2.24) is 19.8 Å². The van der Waals surface area contributed by atoms with Crippen molar-refractivity contribution in [3.05, 3.63) is 36.0 Å². The average molecular weight is 202 g/mol. The van der Waals surface area contributed by atoms with Crippen molar-refractivity contribution >= 4 is 16.4 Å². The first-order valence-electron chi connectivity index (χ1n) is 4.52. The topological polar surface area (TPSA) is 43.1 Å². The van der Waals surface area contributed by atoms with Crippen molar-refractivity contribution in [2.24, 2.45) is 0 Å². The Hall–Kier alpha value is -2.04. The molecular formula is C10H7FN4. The second-order valence-corrected chi connectivity index (χ2v) is 3.33. The van der Waals surface area contributed by atoms with Crippen molar-refractivity contribution in [1.29, 1.82) is 0 Å². The Morgan fingerprint density at radius 2 is 2.07 bits per heavy atom. The van der Waals surface area contributed by atoms with E-state index in [9.17, 15) is 4.39 Å². The quantitative estimate of drug-likeness (QED) is 0.557. The number of fused-ring (bicyclic) bond motifs is 3. The number of hydrogen-bond donors (Lipinski definition) is 0. The molecule has 1 aromatic carbocycles. The summed E-state index contributed by atoms with van der Waals surface area (Å²) >= 11 is 0. The van der Waals surface area contributed by atoms with E-state index in [-0.39, 0.29) is 5.82 Å². The number of aryl methyl sites for hydroxylation is 1. The Balaban J connectivity index is 2.61. The van der Waals surface area contributed by atoms with Crippen molar-refractivity contribution in [3.8, 4) is 0 Å². The molecular weight excluding hydrogens is 195 g/mol. The van der Waals surface area contributed by atoms with Gasteiger partial charge in [-0.05, 0) is 13.0 Å². The van der Waals surface area contributed by atoms with Crippen molar-refractivity contribution in [3.63, 3.8) is 0 Å². The highest BCUT2D eigenvalue weighted by Gasteiger charge is 2.08. The largest absolute Gasteiger partial charge is 0.206 e. The lowest BCUT2D eigenvalue weighted by atomic mass is 10.2. The van der Waals surface area contributed by atoms with Gasteiger partial charge in [0.1, 0.15) is 5.82 Å². The van der Waals surface area contributed by atoms with Crippen LogP contribution in [-0.4, -0.2) is 19.8 Å². The van der Waals surface area contributed by atoms with Crippen LogP contribution in [-0.2, 0) is 0 Å². The Morgan fingerprint density at radius 1 is 1.20 bits per heavy atom. The summed E-state index contributed by atoms with van der Waals surface area (Å²) in [4.78, 5) is 0. The first-order chi connectivity index (χ1) is 7.27. The van der Waals surface area contributed by atoms with Crippen LogP contribution >= 0.6 is 0 Å². The van der Waals surface area contributed by atoms with E-state index >= 15 is 0 Å². The molecule has 0 aliphatic carbocycles. The molecule has 0 aliphatic rings. The van der Waals surface area contributed by atoms with Gasteiger partial charge in [0.05, 0.1) is 6.20 Å². The van der Waals surface area contributed by atoms with Gasteiger partial charge in [-0.2, -0.15) is 9.61 Å². The minimum absolute atomic E-state index is 0.289. The van der Waals surface area contributed by atoms with Crippen LogP contribution in [0.1, 0.15) is 5.82 Å². The van der Waals surface area contributed by atoms with E-state index in [4.69, 9.17) is 0 Å². The minimum Gasteiger partial charge on any atom is -0.206 e. The summed E-state index contributed by atoms with van der Waals surface area (Å²) in [7, 11) is 0. The van der Waals surface area contributed by atoms with Crippen LogP contribution in [0.15, 0.2) is 24.4 Å². The van der Waals surface area contributed by atoms with Gasteiger partial charge in [-0.25, -0.2) is 4.39 Å². The lowest BCUT2D eigenvalue weighted by molar-refractivity contribution is 0.639. The van der Waals surface area contributed by atoms with E-state index in [1.54, 1.807) is 17.5 Å². The van der Waals surface area contributed by atoms with Gasteiger partial charge >= 0.3 is 0 Å². The van der Waals surface area contributed by atoms with Gasteiger partial charge in [-0.3, -0.25) is 0 Å². The molecule has 0 atom stereocenters. The zero-order valence-corrected chi connectivity index (χ0v) is 7.98. The van der Waals surface area contributed by atoms with E-state index in [1.165, 1.54) is 12.3 Å².